The van der Waals surface area contributed by atoms with E-state index in [1.165, 1.54) is 0 Å². The number of phenolic OH excluding ortho intramolecular Hbond substituents is 1. The molecule has 0 aliphatic rings. The van der Waals surface area contributed by atoms with E-state index in [0.29, 0.717) is 5.56 Å². The summed E-state index contributed by atoms with van der Waals surface area (Å²) < 4.78 is 0. The molecule has 0 atom stereocenters. The highest BCUT2D eigenvalue weighted by molar-refractivity contribution is 8.13. The maximum absolute atomic E-state index is 11.3. The van der Waals surface area contributed by atoms with Crippen molar-refractivity contribution >= 4 is 16.9 Å². The van der Waals surface area contributed by atoms with Crippen LogP contribution in [0, 0.1) is 13.8 Å². The summed E-state index contributed by atoms with van der Waals surface area (Å²) in [5.74, 6) is 0.0717. The van der Waals surface area contributed by atoms with Gasteiger partial charge in [0.2, 0.25) is 5.12 Å². The fourth-order valence-electron chi connectivity index (χ4n) is 1.07. The van der Waals surface area contributed by atoms with E-state index < -0.39 is 0 Å². The molecule has 0 aliphatic heterocycles. The first-order valence-electron chi connectivity index (χ1n) is 3.94. The van der Waals surface area contributed by atoms with E-state index in [0.717, 1.165) is 22.9 Å². The van der Waals surface area contributed by atoms with Gasteiger partial charge in [-0.1, -0.05) is 11.8 Å². The molecule has 1 aromatic carbocycles. The summed E-state index contributed by atoms with van der Waals surface area (Å²) in [6.45, 7) is 3.83. The van der Waals surface area contributed by atoms with Gasteiger partial charge >= 0.3 is 0 Å². The maximum Gasteiger partial charge on any atom is 0.222 e. The van der Waals surface area contributed by atoms with Gasteiger partial charge in [-0.25, -0.2) is 0 Å². The Hall–Kier alpha value is -0.960. The summed E-state index contributed by atoms with van der Waals surface area (Å²) in [5.41, 5.74) is 2.42. The van der Waals surface area contributed by atoms with Gasteiger partial charge in [0.1, 0.15) is 5.75 Å². The van der Waals surface area contributed by atoms with Crippen LogP contribution in [0.4, 0.5) is 0 Å². The molecule has 0 aliphatic carbocycles. The van der Waals surface area contributed by atoms with Crippen LogP contribution >= 0.6 is 11.8 Å². The van der Waals surface area contributed by atoms with E-state index in [1.54, 1.807) is 18.4 Å². The molecule has 1 aromatic rings. The number of aromatic hydroxyl groups is 1. The first-order valence-corrected chi connectivity index (χ1v) is 5.17. The summed E-state index contributed by atoms with van der Waals surface area (Å²) in [6.07, 6.45) is 1.71. The molecule has 0 heterocycles. The van der Waals surface area contributed by atoms with Crippen LogP contribution in [-0.4, -0.2) is 16.5 Å². The van der Waals surface area contributed by atoms with Crippen molar-refractivity contribution in [2.24, 2.45) is 0 Å². The molecule has 0 fully saturated rings. The number of thioether (sulfide) groups is 1. The Morgan fingerprint density at radius 1 is 1.31 bits per heavy atom. The van der Waals surface area contributed by atoms with E-state index in [1.807, 2.05) is 13.8 Å². The topological polar surface area (TPSA) is 37.3 Å². The number of carbonyl (C=O) groups excluding carboxylic acids is 1. The van der Waals surface area contributed by atoms with Gasteiger partial charge in [-0.15, -0.1) is 0 Å². The first kappa shape index (κ1) is 10.1. The normalized spacial score (nSPS) is 10.1. The third kappa shape index (κ3) is 2.04. The standard InChI is InChI=1S/C10H12O2S/c1-6-4-8(10(12)13-3)9(11)5-7(6)2/h4-5,11H,1-3H3. The lowest BCUT2D eigenvalue weighted by Crippen LogP contribution is -1.95. The molecule has 2 nitrogen and oxygen atoms in total. The van der Waals surface area contributed by atoms with Gasteiger partial charge < -0.3 is 5.11 Å². The Morgan fingerprint density at radius 2 is 1.85 bits per heavy atom. The molecular weight excluding hydrogens is 184 g/mol. The van der Waals surface area contributed by atoms with Crippen molar-refractivity contribution in [3.05, 3.63) is 28.8 Å². The predicted octanol–water partition coefficient (Wildman–Crippen LogP) is 2.51. The van der Waals surface area contributed by atoms with E-state index in [-0.39, 0.29) is 10.9 Å². The lowest BCUT2D eigenvalue weighted by atomic mass is 10.1. The van der Waals surface area contributed by atoms with E-state index >= 15 is 0 Å². The lowest BCUT2D eigenvalue weighted by Gasteiger charge is -2.05. The molecule has 3 heteroatoms. The average molecular weight is 196 g/mol. The zero-order valence-electron chi connectivity index (χ0n) is 7.92. The number of carbonyl (C=O) groups is 1. The third-order valence-electron chi connectivity index (χ3n) is 2.02. The zero-order chi connectivity index (χ0) is 10.0. The molecule has 0 saturated heterocycles. The van der Waals surface area contributed by atoms with Crippen molar-refractivity contribution in [3.63, 3.8) is 0 Å². The quantitative estimate of drug-likeness (QED) is 0.750. The molecular formula is C10H12O2S. The Labute approximate surface area is 82.0 Å². The van der Waals surface area contributed by atoms with Crippen LogP contribution in [0.1, 0.15) is 21.5 Å². The van der Waals surface area contributed by atoms with Crippen LogP contribution in [0.5, 0.6) is 5.75 Å². The second-order valence-corrected chi connectivity index (χ2v) is 3.72. The highest BCUT2D eigenvalue weighted by Gasteiger charge is 2.10. The zero-order valence-corrected chi connectivity index (χ0v) is 8.73. The number of aryl methyl sites for hydroxylation is 2. The molecule has 70 valence electrons. The SMILES string of the molecule is CSC(=O)c1cc(C)c(C)cc1O. The van der Waals surface area contributed by atoms with Gasteiger partial charge in [0.15, 0.2) is 0 Å². The summed E-state index contributed by atoms with van der Waals surface area (Å²) >= 11 is 1.11. The molecule has 1 N–H and O–H groups in total. The smallest absolute Gasteiger partial charge is 0.222 e. The van der Waals surface area contributed by atoms with Crippen LogP contribution in [0.2, 0.25) is 0 Å². The number of benzene rings is 1. The molecule has 1 rings (SSSR count). The minimum absolute atomic E-state index is 0.0717. The second-order valence-electron chi connectivity index (χ2n) is 2.95. The van der Waals surface area contributed by atoms with Gasteiger partial charge in [0.05, 0.1) is 5.56 Å². The highest BCUT2D eigenvalue weighted by Crippen LogP contribution is 2.24. The Balaban J connectivity index is 3.23. The Bertz CT molecular complexity index is 345. The van der Waals surface area contributed by atoms with Crippen molar-refractivity contribution < 1.29 is 9.90 Å². The molecule has 0 saturated carbocycles. The van der Waals surface area contributed by atoms with Crippen molar-refractivity contribution in [1.29, 1.82) is 0 Å². The van der Waals surface area contributed by atoms with Crippen LogP contribution in [0.3, 0.4) is 0 Å². The fourth-order valence-corrected chi connectivity index (χ4v) is 1.46. The van der Waals surface area contributed by atoms with E-state index in [9.17, 15) is 9.90 Å². The van der Waals surface area contributed by atoms with Gasteiger partial charge in [0, 0.05) is 0 Å². The summed E-state index contributed by atoms with van der Waals surface area (Å²) in [5, 5.41) is 9.39. The van der Waals surface area contributed by atoms with Gasteiger partial charge in [-0.05, 0) is 43.4 Å². The molecule has 0 amide bonds. The number of rotatable bonds is 1. The van der Waals surface area contributed by atoms with E-state index in [4.69, 9.17) is 0 Å². The third-order valence-corrected chi connectivity index (χ3v) is 2.61. The van der Waals surface area contributed by atoms with Crippen LogP contribution in [0.25, 0.3) is 0 Å². The number of hydrogen-bond acceptors (Lipinski definition) is 3. The van der Waals surface area contributed by atoms with Gasteiger partial charge in [0.25, 0.3) is 0 Å². The van der Waals surface area contributed by atoms with Crippen LogP contribution in [-0.2, 0) is 0 Å². The Kier molecular flexibility index (Phi) is 2.98. The number of hydrogen-bond donors (Lipinski definition) is 1. The van der Waals surface area contributed by atoms with Gasteiger partial charge in [-0.3, -0.25) is 4.79 Å². The first-order chi connectivity index (χ1) is 6.06. The highest BCUT2D eigenvalue weighted by atomic mass is 32.2. The molecule has 0 bridgehead atoms. The molecule has 0 radical (unpaired) electrons. The summed E-state index contributed by atoms with van der Waals surface area (Å²) in [7, 11) is 0. The maximum atomic E-state index is 11.3. The molecule has 13 heavy (non-hydrogen) atoms. The molecule has 0 unspecified atom stereocenters. The second kappa shape index (κ2) is 3.83. The summed E-state index contributed by atoms with van der Waals surface area (Å²) in [4.78, 5) is 11.3. The minimum Gasteiger partial charge on any atom is -0.507 e. The fraction of sp³-hybridized carbons (Fsp3) is 0.300. The lowest BCUT2D eigenvalue weighted by molar-refractivity contribution is 0.108. The molecule has 0 spiro atoms. The van der Waals surface area contributed by atoms with Crippen molar-refractivity contribution in [2.75, 3.05) is 6.26 Å². The predicted molar refractivity (Wildman–Crippen MR) is 55.4 cm³/mol. The van der Waals surface area contributed by atoms with Crippen molar-refractivity contribution in [2.45, 2.75) is 13.8 Å². The van der Waals surface area contributed by atoms with Gasteiger partial charge in [-0.2, -0.15) is 0 Å². The summed E-state index contributed by atoms with van der Waals surface area (Å²) in [6, 6.07) is 3.35. The molecule has 0 aromatic heterocycles. The number of phenols is 1. The minimum atomic E-state index is -0.0967. The largest absolute Gasteiger partial charge is 0.507 e. The average Bonchev–Trinajstić information content (AvgIpc) is 2.10. The monoisotopic (exact) mass is 196 g/mol. The van der Waals surface area contributed by atoms with Crippen molar-refractivity contribution in [1.82, 2.24) is 0 Å². The van der Waals surface area contributed by atoms with E-state index in [2.05, 4.69) is 0 Å². The van der Waals surface area contributed by atoms with Crippen molar-refractivity contribution in [3.8, 4) is 5.75 Å². The van der Waals surface area contributed by atoms with Crippen LogP contribution in [0.15, 0.2) is 12.1 Å². The Morgan fingerprint density at radius 3 is 2.38 bits per heavy atom. The van der Waals surface area contributed by atoms with Crippen LogP contribution < -0.4 is 0 Å².